The summed E-state index contributed by atoms with van der Waals surface area (Å²) in [5, 5.41) is 14.6. The van der Waals surface area contributed by atoms with Crippen molar-refractivity contribution in [2.24, 2.45) is 0 Å². The van der Waals surface area contributed by atoms with Gasteiger partial charge in [0.05, 0.1) is 12.7 Å². The van der Waals surface area contributed by atoms with Crippen LogP contribution in [0.4, 0.5) is 9.93 Å². The second-order valence-electron chi connectivity index (χ2n) is 5.67. The monoisotopic (exact) mass is 347 g/mol. The third-order valence-corrected chi connectivity index (χ3v) is 4.46. The molecule has 1 aromatic carbocycles. The molecule has 8 heteroatoms. The summed E-state index contributed by atoms with van der Waals surface area (Å²) in [5.41, 5.74) is 1.29. The lowest BCUT2D eigenvalue weighted by Crippen LogP contribution is -2.47. The Labute approximate surface area is 145 Å². The minimum atomic E-state index is -0.282. The number of aryl methyl sites for hydroxylation is 1. The van der Waals surface area contributed by atoms with Crippen molar-refractivity contribution >= 4 is 22.5 Å². The summed E-state index contributed by atoms with van der Waals surface area (Å²) in [6.07, 6.45) is -0.00984. The summed E-state index contributed by atoms with van der Waals surface area (Å²) in [5.74, 6) is 0. The summed E-state index contributed by atoms with van der Waals surface area (Å²) in [4.78, 5) is 14.2. The number of morpholine rings is 1. The second kappa shape index (κ2) is 8.18. The molecule has 0 spiro atoms. The number of nitrogens with zero attached hydrogens (tertiary/aromatic N) is 3. The minimum Gasteiger partial charge on any atom is -0.374 e. The van der Waals surface area contributed by atoms with Gasteiger partial charge < -0.3 is 10.1 Å². The fourth-order valence-corrected chi connectivity index (χ4v) is 3.17. The molecule has 1 atom stereocenters. The van der Waals surface area contributed by atoms with Gasteiger partial charge in [0.25, 0.3) is 0 Å². The number of hydrogen-bond donors (Lipinski definition) is 2. The SMILES string of the molecule is Cc1nnc(NC(=O)NCC2CN(Cc3ccccc3)CCO2)s1. The van der Waals surface area contributed by atoms with Gasteiger partial charge in [-0.1, -0.05) is 41.7 Å². The molecule has 1 aromatic heterocycles. The van der Waals surface area contributed by atoms with Gasteiger partial charge in [0.2, 0.25) is 5.13 Å². The average molecular weight is 347 g/mol. The first-order valence-corrected chi connectivity index (χ1v) is 8.73. The highest BCUT2D eigenvalue weighted by Crippen LogP contribution is 2.13. The molecule has 0 aliphatic carbocycles. The van der Waals surface area contributed by atoms with Crippen LogP contribution in [0.3, 0.4) is 0 Å². The van der Waals surface area contributed by atoms with Crippen molar-refractivity contribution in [1.29, 1.82) is 0 Å². The molecule has 24 heavy (non-hydrogen) atoms. The summed E-state index contributed by atoms with van der Waals surface area (Å²) in [7, 11) is 0. The lowest BCUT2D eigenvalue weighted by atomic mass is 10.2. The number of urea groups is 1. The van der Waals surface area contributed by atoms with Gasteiger partial charge in [-0.25, -0.2) is 4.79 Å². The van der Waals surface area contributed by atoms with E-state index in [1.165, 1.54) is 16.9 Å². The molecule has 2 heterocycles. The largest absolute Gasteiger partial charge is 0.374 e. The van der Waals surface area contributed by atoms with Crippen LogP contribution in [0.5, 0.6) is 0 Å². The highest BCUT2D eigenvalue weighted by Gasteiger charge is 2.21. The van der Waals surface area contributed by atoms with Crippen molar-refractivity contribution in [3.05, 3.63) is 40.9 Å². The highest BCUT2D eigenvalue weighted by molar-refractivity contribution is 7.15. The zero-order valence-electron chi connectivity index (χ0n) is 13.6. The van der Waals surface area contributed by atoms with Gasteiger partial charge in [0.15, 0.2) is 0 Å². The molecule has 1 unspecified atom stereocenters. The van der Waals surface area contributed by atoms with E-state index in [0.717, 1.165) is 24.6 Å². The van der Waals surface area contributed by atoms with Gasteiger partial charge in [0.1, 0.15) is 5.01 Å². The smallest absolute Gasteiger partial charge is 0.321 e. The molecular formula is C16H21N5O2S. The molecule has 3 rings (SSSR count). The molecule has 128 valence electrons. The third-order valence-electron chi connectivity index (χ3n) is 3.71. The average Bonchev–Trinajstić information content (AvgIpc) is 2.99. The van der Waals surface area contributed by atoms with Crippen molar-refractivity contribution in [3.63, 3.8) is 0 Å². The predicted molar refractivity (Wildman–Crippen MR) is 93.1 cm³/mol. The maximum atomic E-state index is 11.9. The number of rotatable bonds is 5. The van der Waals surface area contributed by atoms with Crippen LogP contribution < -0.4 is 10.6 Å². The fourth-order valence-electron chi connectivity index (χ4n) is 2.58. The number of hydrogen-bond acceptors (Lipinski definition) is 6. The number of anilines is 1. The molecule has 2 aromatic rings. The molecular weight excluding hydrogens is 326 g/mol. The normalized spacial score (nSPS) is 18.3. The van der Waals surface area contributed by atoms with E-state index in [-0.39, 0.29) is 12.1 Å². The molecule has 1 saturated heterocycles. The van der Waals surface area contributed by atoms with E-state index in [2.05, 4.69) is 37.9 Å². The summed E-state index contributed by atoms with van der Waals surface area (Å²) >= 11 is 1.35. The Kier molecular flexibility index (Phi) is 5.73. The number of carbonyl (C=O) groups excluding carboxylic acids is 1. The minimum absolute atomic E-state index is 0.00984. The first-order chi connectivity index (χ1) is 11.7. The molecule has 1 aliphatic heterocycles. The number of ether oxygens (including phenoxy) is 1. The molecule has 0 radical (unpaired) electrons. The maximum Gasteiger partial charge on any atom is 0.321 e. The number of amides is 2. The Balaban J connectivity index is 1.42. The van der Waals surface area contributed by atoms with E-state index in [1.807, 2.05) is 25.1 Å². The van der Waals surface area contributed by atoms with E-state index in [9.17, 15) is 4.79 Å². The van der Waals surface area contributed by atoms with Crippen LogP contribution in [0, 0.1) is 6.92 Å². The van der Waals surface area contributed by atoms with Crippen LogP contribution in [-0.4, -0.2) is 53.5 Å². The Morgan fingerprint density at radius 2 is 2.21 bits per heavy atom. The Morgan fingerprint density at radius 1 is 1.38 bits per heavy atom. The molecule has 1 aliphatic rings. The van der Waals surface area contributed by atoms with Crippen molar-refractivity contribution in [1.82, 2.24) is 20.4 Å². The first-order valence-electron chi connectivity index (χ1n) is 7.92. The highest BCUT2D eigenvalue weighted by atomic mass is 32.1. The number of benzene rings is 1. The zero-order chi connectivity index (χ0) is 16.8. The van der Waals surface area contributed by atoms with E-state index >= 15 is 0 Å². The van der Waals surface area contributed by atoms with Crippen LogP contribution >= 0.6 is 11.3 Å². The second-order valence-corrected chi connectivity index (χ2v) is 6.86. The van der Waals surface area contributed by atoms with E-state index in [4.69, 9.17) is 4.74 Å². The standard InChI is InChI=1S/C16H21N5O2S/c1-12-19-20-16(24-12)18-15(22)17-9-14-11-21(7-8-23-14)10-13-5-3-2-4-6-13/h2-6,14H,7-11H2,1H3,(H2,17,18,20,22). The van der Waals surface area contributed by atoms with Crippen molar-refractivity contribution in [2.45, 2.75) is 19.6 Å². The quantitative estimate of drug-likeness (QED) is 0.863. The number of aromatic nitrogens is 2. The van der Waals surface area contributed by atoms with Gasteiger partial charge >= 0.3 is 6.03 Å². The Bertz CT molecular complexity index is 663. The van der Waals surface area contributed by atoms with E-state index < -0.39 is 0 Å². The zero-order valence-corrected chi connectivity index (χ0v) is 14.4. The molecule has 0 saturated carbocycles. The van der Waals surface area contributed by atoms with Gasteiger partial charge in [-0.2, -0.15) is 0 Å². The summed E-state index contributed by atoms with van der Waals surface area (Å²) in [6, 6.07) is 10.1. The van der Waals surface area contributed by atoms with Crippen molar-refractivity contribution in [2.75, 3.05) is 31.6 Å². The van der Waals surface area contributed by atoms with Crippen LogP contribution in [-0.2, 0) is 11.3 Å². The Hall–Kier alpha value is -2.03. The lowest BCUT2D eigenvalue weighted by Gasteiger charge is -2.33. The predicted octanol–water partition coefficient (Wildman–Crippen LogP) is 1.87. The molecule has 0 bridgehead atoms. The van der Waals surface area contributed by atoms with Gasteiger partial charge in [-0.15, -0.1) is 10.2 Å². The fraction of sp³-hybridized carbons (Fsp3) is 0.438. The Morgan fingerprint density at radius 3 is 2.96 bits per heavy atom. The lowest BCUT2D eigenvalue weighted by molar-refractivity contribution is -0.0285. The number of carbonyl (C=O) groups is 1. The van der Waals surface area contributed by atoms with Crippen molar-refractivity contribution in [3.8, 4) is 0 Å². The summed E-state index contributed by atoms with van der Waals surface area (Å²) in [6.45, 7) is 5.59. The van der Waals surface area contributed by atoms with Crippen LogP contribution in [0.2, 0.25) is 0 Å². The molecule has 7 nitrogen and oxygen atoms in total. The van der Waals surface area contributed by atoms with Gasteiger partial charge in [-0.05, 0) is 12.5 Å². The molecule has 2 N–H and O–H groups in total. The summed E-state index contributed by atoms with van der Waals surface area (Å²) < 4.78 is 5.74. The van der Waals surface area contributed by atoms with Crippen LogP contribution in [0.25, 0.3) is 0 Å². The molecule has 1 fully saturated rings. The van der Waals surface area contributed by atoms with Crippen LogP contribution in [0.1, 0.15) is 10.6 Å². The van der Waals surface area contributed by atoms with E-state index in [0.29, 0.717) is 18.3 Å². The van der Waals surface area contributed by atoms with Gasteiger partial charge in [-0.3, -0.25) is 10.2 Å². The number of nitrogens with one attached hydrogen (secondary N) is 2. The third kappa shape index (κ3) is 4.98. The van der Waals surface area contributed by atoms with Crippen molar-refractivity contribution < 1.29 is 9.53 Å². The van der Waals surface area contributed by atoms with Gasteiger partial charge in [0, 0.05) is 26.2 Å². The molecule has 2 amide bonds. The maximum absolute atomic E-state index is 11.9. The van der Waals surface area contributed by atoms with E-state index in [1.54, 1.807) is 0 Å². The topological polar surface area (TPSA) is 79.4 Å². The van der Waals surface area contributed by atoms with Crippen LogP contribution in [0.15, 0.2) is 30.3 Å². The first kappa shape index (κ1) is 16.8.